The normalized spacial score (nSPS) is 10.9. The first-order valence-corrected chi connectivity index (χ1v) is 7.13. The lowest BCUT2D eigenvalue weighted by Crippen LogP contribution is -2.32. The average Bonchev–Trinajstić information content (AvgIpc) is 2.38. The molecule has 0 saturated carbocycles. The van der Waals surface area contributed by atoms with E-state index in [9.17, 15) is 9.59 Å². The fraction of sp³-hybridized carbons (Fsp3) is 0.857. The van der Waals surface area contributed by atoms with Gasteiger partial charge in [0.15, 0.2) is 0 Å². The summed E-state index contributed by atoms with van der Waals surface area (Å²) in [7, 11) is 0. The van der Waals surface area contributed by atoms with Gasteiger partial charge in [0.2, 0.25) is 11.8 Å². The molecule has 2 N–H and O–H groups in total. The number of hydrogen-bond donors (Lipinski definition) is 2. The molecule has 0 heterocycles. The van der Waals surface area contributed by atoms with Gasteiger partial charge in [-0.1, -0.05) is 27.7 Å². The van der Waals surface area contributed by atoms with Crippen LogP contribution >= 0.6 is 0 Å². The number of amides is 2. The second-order valence-electron chi connectivity index (χ2n) is 5.31. The van der Waals surface area contributed by atoms with Gasteiger partial charge in [0.05, 0.1) is 19.8 Å². The second kappa shape index (κ2) is 11.7. The molecular formula is C14H28N2O4. The van der Waals surface area contributed by atoms with Crippen LogP contribution in [0.5, 0.6) is 0 Å². The van der Waals surface area contributed by atoms with Gasteiger partial charge in [-0.3, -0.25) is 9.59 Å². The number of rotatable bonds is 11. The average molecular weight is 288 g/mol. The Morgan fingerprint density at radius 1 is 0.950 bits per heavy atom. The fourth-order valence-electron chi connectivity index (χ4n) is 1.20. The smallest absolute Gasteiger partial charge is 0.246 e. The highest BCUT2D eigenvalue weighted by Gasteiger charge is 2.05. The van der Waals surface area contributed by atoms with Crippen LogP contribution in [0.2, 0.25) is 0 Å². The molecule has 0 bridgehead atoms. The van der Waals surface area contributed by atoms with Gasteiger partial charge < -0.3 is 20.1 Å². The first kappa shape index (κ1) is 18.9. The van der Waals surface area contributed by atoms with E-state index in [0.29, 0.717) is 38.8 Å². The molecule has 2 amide bonds. The highest BCUT2D eigenvalue weighted by atomic mass is 16.5. The largest absolute Gasteiger partial charge is 0.377 e. The molecule has 0 fully saturated rings. The minimum absolute atomic E-state index is 0.0114. The van der Waals surface area contributed by atoms with Crippen molar-refractivity contribution in [3.63, 3.8) is 0 Å². The Bertz CT molecular complexity index is 280. The zero-order valence-corrected chi connectivity index (χ0v) is 13.0. The Labute approximate surface area is 121 Å². The summed E-state index contributed by atoms with van der Waals surface area (Å²) in [6, 6.07) is 0. The van der Waals surface area contributed by atoms with Gasteiger partial charge in [0.1, 0.15) is 6.61 Å². The summed E-state index contributed by atoms with van der Waals surface area (Å²) in [5.74, 6) is 0.334. The summed E-state index contributed by atoms with van der Waals surface area (Å²) in [5.41, 5.74) is 0. The van der Waals surface area contributed by atoms with E-state index in [1.165, 1.54) is 0 Å². The zero-order valence-electron chi connectivity index (χ0n) is 13.0. The van der Waals surface area contributed by atoms with E-state index in [1.807, 2.05) is 27.7 Å². The number of hydrogen-bond acceptors (Lipinski definition) is 4. The molecule has 20 heavy (non-hydrogen) atoms. The van der Waals surface area contributed by atoms with Gasteiger partial charge in [-0.2, -0.15) is 0 Å². The fourth-order valence-corrected chi connectivity index (χ4v) is 1.20. The van der Waals surface area contributed by atoms with Crippen LogP contribution in [-0.4, -0.2) is 51.3 Å². The van der Waals surface area contributed by atoms with Crippen LogP contribution in [0.15, 0.2) is 0 Å². The predicted octanol–water partition coefficient (Wildman–Crippen LogP) is 0.564. The Balaban J connectivity index is 3.28. The van der Waals surface area contributed by atoms with E-state index in [-0.39, 0.29) is 24.3 Å². The van der Waals surface area contributed by atoms with Crippen molar-refractivity contribution >= 4 is 11.8 Å². The summed E-state index contributed by atoms with van der Waals surface area (Å²) >= 11 is 0. The minimum Gasteiger partial charge on any atom is -0.377 e. The topological polar surface area (TPSA) is 76.7 Å². The lowest BCUT2D eigenvalue weighted by molar-refractivity contribution is -0.127. The molecule has 0 aromatic heterocycles. The lowest BCUT2D eigenvalue weighted by atomic mass is 10.2. The van der Waals surface area contributed by atoms with Gasteiger partial charge >= 0.3 is 0 Å². The Morgan fingerprint density at radius 2 is 1.60 bits per heavy atom. The van der Waals surface area contributed by atoms with Crippen molar-refractivity contribution in [1.82, 2.24) is 10.6 Å². The van der Waals surface area contributed by atoms with Crippen molar-refractivity contribution in [2.24, 2.45) is 11.8 Å². The zero-order chi connectivity index (χ0) is 15.4. The third kappa shape index (κ3) is 11.9. The molecule has 0 saturated heterocycles. The molecule has 0 atom stereocenters. The summed E-state index contributed by atoms with van der Waals surface area (Å²) < 4.78 is 10.4. The van der Waals surface area contributed by atoms with Crippen molar-refractivity contribution in [3.05, 3.63) is 0 Å². The molecule has 118 valence electrons. The summed E-state index contributed by atoms with van der Waals surface area (Å²) in [4.78, 5) is 22.5. The summed E-state index contributed by atoms with van der Waals surface area (Å²) in [6.45, 7) is 10.2. The third-order valence-corrected chi connectivity index (χ3v) is 2.38. The van der Waals surface area contributed by atoms with Crippen LogP contribution in [0.25, 0.3) is 0 Å². The second-order valence-corrected chi connectivity index (χ2v) is 5.31. The van der Waals surface area contributed by atoms with Gasteiger partial charge in [0.25, 0.3) is 0 Å². The third-order valence-electron chi connectivity index (χ3n) is 2.38. The van der Waals surface area contributed by atoms with Crippen molar-refractivity contribution < 1.29 is 19.1 Å². The number of carbonyl (C=O) groups is 2. The van der Waals surface area contributed by atoms with E-state index >= 15 is 0 Å². The van der Waals surface area contributed by atoms with Gasteiger partial charge in [-0.15, -0.1) is 0 Å². The van der Waals surface area contributed by atoms with Crippen LogP contribution in [0, 0.1) is 11.8 Å². The predicted molar refractivity (Wildman–Crippen MR) is 77.3 cm³/mol. The molecule has 0 aliphatic carbocycles. The maximum Gasteiger partial charge on any atom is 0.246 e. The Morgan fingerprint density at radius 3 is 2.20 bits per heavy atom. The van der Waals surface area contributed by atoms with Gasteiger partial charge in [-0.25, -0.2) is 0 Å². The van der Waals surface area contributed by atoms with E-state index < -0.39 is 0 Å². The van der Waals surface area contributed by atoms with Gasteiger partial charge in [0, 0.05) is 19.0 Å². The van der Waals surface area contributed by atoms with E-state index in [1.54, 1.807) is 0 Å². The van der Waals surface area contributed by atoms with Crippen molar-refractivity contribution in [2.75, 3.05) is 39.5 Å². The monoisotopic (exact) mass is 288 g/mol. The van der Waals surface area contributed by atoms with Crippen LogP contribution in [0.3, 0.4) is 0 Å². The van der Waals surface area contributed by atoms with Crippen molar-refractivity contribution in [1.29, 1.82) is 0 Å². The molecule has 6 nitrogen and oxygen atoms in total. The first-order chi connectivity index (χ1) is 9.43. The van der Waals surface area contributed by atoms with E-state index in [0.717, 1.165) is 0 Å². The maximum absolute atomic E-state index is 11.3. The Hall–Kier alpha value is -1.14. The molecular weight excluding hydrogens is 260 g/mol. The molecule has 0 unspecified atom stereocenters. The number of carbonyl (C=O) groups excluding carboxylic acids is 2. The lowest BCUT2D eigenvalue weighted by Gasteiger charge is -2.09. The van der Waals surface area contributed by atoms with E-state index in [4.69, 9.17) is 9.47 Å². The van der Waals surface area contributed by atoms with Gasteiger partial charge in [-0.05, 0) is 5.92 Å². The van der Waals surface area contributed by atoms with Crippen LogP contribution in [-0.2, 0) is 19.1 Å². The minimum atomic E-state index is -0.108. The SMILES string of the molecule is CC(C)CNC(=O)COCCOCCNC(=O)C(C)C. The molecule has 0 aromatic rings. The highest BCUT2D eigenvalue weighted by Crippen LogP contribution is 1.89. The summed E-state index contributed by atoms with van der Waals surface area (Å²) in [6.07, 6.45) is 0. The first-order valence-electron chi connectivity index (χ1n) is 7.13. The number of nitrogens with one attached hydrogen (secondary N) is 2. The highest BCUT2D eigenvalue weighted by molar-refractivity contribution is 5.77. The van der Waals surface area contributed by atoms with Crippen LogP contribution in [0.1, 0.15) is 27.7 Å². The van der Waals surface area contributed by atoms with Crippen LogP contribution in [0.4, 0.5) is 0 Å². The van der Waals surface area contributed by atoms with Crippen molar-refractivity contribution in [3.8, 4) is 0 Å². The van der Waals surface area contributed by atoms with Crippen LogP contribution < -0.4 is 10.6 Å². The molecule has 6 heteroatoms. The summed E-state index contributed by atoms with van der Waals surface area (Å²) in [5, 5.41) is 5.51. The molecule has 0 radical (unpaired) electrons. The standard InChI is InChI=1S/C14H28N2O4/c1-11(2)9-16-13(17)10-20-8-7-19-6-5-15-14(18)12(3)4/h11-12H,5-10H2,1-4H3,(H,15,18)(H,16,17). The van der Waals surface area contributed by atoms with E-state index in [2.05, 4.69) is 10.6 Å². The Kier molecular flexibility index (Phi) is 11.0. The molecule has 0 spiro atoms. The maximum atomic E-state index is 11.3. The molecule has 0 aromatic carbocycles. The molecule has 0 aliphatic heterocycles. The molecule has 0 rings (SSSR count). The van der Waals surface area contributed by atoms with Crippen molar-refractivity contribution in [2.45, 2.75) is 27.7 Å². The molecule has 0 aliphatic rings. The quantitative estimate of drug-likeness (QED) is 0.545. The number of ether oxygens (including phenoxy) is 2.